The molecule has 1 fully saturated rings. The molecule has 0 saturated carbocycles. The highest BCUT2D eigenvalue weighted by atomic mass is 35.5. The zero-order valence-corrected chi connectivity index (χ0v) is 15.2. The molecule has 3 N–H and O–H groups in total. The molecule has 1 atom stereocenters. The van der Waals surface area contributed by atoms with E-state index in [1.807, 2.05) is 5.10 Å². The summed E-state index contributed by atoms with van der Waals surface area (Å²) in [5, 5.41) is 10.9. The number of piperidine rings is 1. The van der Waals surface area contributed by atoms with E-state index in [0.717, 1.165) is 18.2 Å². The minimum atomic E-state index is -4.74. The number of halogens is 6. The third-order valence-corrected chi connectivity index (χ3v) is 4.55. The van der Waals surface area contributed by atoms with Gasteiger partial charge in [-0.3, -0.25) is 0 Å². The van der Waals surface area contributed by atoms with Gasteiger partial charge in [0.1, 0.15) is 12.3 Å². The second-order valence-electron chi connectivity index (χ2n) is 6.31. The summed E-state index contributed by atoms with van der Waals surface area (Å²) in [5.41, 5.74) is -3.53. The lowest BCUT2D eigenvalue weighted by molar-refractivity contribution is -0.137. The van der Waals surface area contributed by atoms with Crippen molar-refractivity contribution in [1.29, 1.82) is 0 Å². The van der Waals surface area contributed by atoms with Crippen molar-refractivity contribution in [2.45, 2.75) is 30.7 Å². The summed E-state index contributed by atoms with van der Waals surface area (Å²) in [6, 6.07) is 1.36. The zero-order valence-electron chi connectivity index (χ0n) is 14.4. The van der Waals surface area contributed by atoms with Crippen LogP contribution in [0.4, 0.5) is 27.6 Å². The van der Waals surface area contributed by atoms with Crippen LogP contribution in [-0.2, 0) is 6.18 Å². The van der Waals surface area contributed by atoms with Crippen molar-refractivity contribution in [3.05, 3.63) is 34.3 Å². The summed E-state index contributed by atoms with van der Waals surface area (Å²) < 4.78 is 73.4. The van der Waals surface area contributed by atoms with Gasteiger partial charge in [-0.2, -0.15) is 13.2 Å². The van der Waals surface area contributed by atoms with Gasteiger partial charge in [0, 0.05) is 11.3 Å². The molecule has 0 aliphatic carbocycles. The van der Waals surface area contributed by atoms with Gasteiger partial charge in [0.15, 0.2) is 0 Å². The van der Waals surface area contributed by atoms with Gasteiger partial charge in [-0.05, 0) is 44.1 Å². The van der Waals surface area contributed by atoms with Crippen LogP contribution in [0.2, 0.25) is 0 Å². The van der Waals surface area contributed by atoms with Crippen LogP contribution in [0.3, 0.4) is 0 Å². The van der Waals surface area contributed by atoms with E-state index in [1.165, 1.54) is 0 Å². The van der Waals surface area contributed by atoms with Gasteiger partial charge in [0.05, 0.1) is 11.6 Å². The van der Waals surface area contributed by atoms with Crippen molar-refractivity contribution in [2.75, 3.05) is 25.1 Å². The number of hydrogen-bond donors (Lipinski definition) is 3. The van der Waals surface area contributed by atoms with Crippen molar-refractivity contribution in [3.8, 4) is 11.5 Å². The van der Waals surface area contributed by atoms with Crippen LogP contribution in [0.1, 0.15) is 18.4 Å². The molecule has 1 aliphatic heterocycles. The largest absolute Gasteiger partial charge is 0.434 e. The Balaban J connectivity index is 0.00000280. The molecule has 12 heteroatoms. The third-order valence-electron chi connectivity index (χ3n) is 4.55. The number of alkyl halides is 5. The molecule has 2 heterocycles. The molecule has 156 valence electrons. The molecule has 1 aromatic heterocycles. The molecule has 0 unspecified atom stereocenters. The number of anilines is 1. The average molecular weight is 429 g/mol. The van der Waals surface area contributed by atoms with Crippen molar-refractivity contribution in [2.24, 2.45) is 0 Å². The summed E-state index contributed by atoms with van der Waals surface area (Å²) in [6.07, 6.45) is -4.79. The Morgan fingerprint density at radius 3 is 2.50 bits per heavy atom. The Labute approximate surface area is 162 Å². The van der Waals surface area contributed by atoms with E-state index in [2.05, 4.69) is 15.7 Å². The van der Waals surface area contributed by atoms with Crippen LogP contribution in [0.5, 0.6) is 0 Å². The normalized spacial score (nSPS) is 17.6. The zero-order chi connectivity index (χ0) is 19.7. The second-order valence-corrected chi connectivity index (χ2v) is 6.31. The Bertz CT molecular complexity index is 848. The first-order valence-corrected chi connectivity index (χ1v) is 8.22. The Morgan fingerprint density at radius 1 is 1.29 bits per heavy atom. The second kappa shape index (κ2) is 8.48. The number of hydrogen-bond acceptors (Lipinski definition) is 5. The highest BCUT2D eigenvalue weighted by Gasteiger charge is 2.42. The van der Waals surface area contributed by atoms with Crippen LogP contribution < -0.4 is 16.4 Å². The number of H-pyrrole nitrogens is 1. The predicted octanol–water partition coefficient (Wildman–Crippen LogP) is 3.31. The summed E-state index contributed by atoms with van der Waals surface area (Å²) in [5.74, 6) is -1.11. The van der Waals surface area contributed by atoms with Crippen molar-refractivity contribution in [3.63, 3.8) is 0 Å². The number of aromatic nitrogens is 2. The minimum absolute atomic E-state index is 0. The summed E-state index contributed by atoms with van der Waals surface area (Å²) in [4.78, 5) is 11.1. The molecule has 28 heavy (non-hydrogen) atoms. The Morgan fingerprint density at radius 2 is 1.96 bits per heavy atom. The molecule has 0 radical (unpaired) electrons. The lowest BCUT2D eigenvalue weighted by atomic mass is 9.87. The Kier molecular flexibility index (Phi) is 6.71. The smallest absolute Gasteiger partial charge is 0.388 e. The van der Waals surface area contributed by atoms with Crippen LogP contribution in [0.25, 0.3) is 11.5 Å². The first-order valence-electron chi connectivity index (χ1n) is 8.22. The fraction of sp³-hybridized carbons (Fsp3) is 0.500. The van der Waals surface area contributed by atoms with Crippen LogP contribution in [0.15, 0.2) is 27.4 Å². The molecule has 3 rings (SSSR count). The third kappa shape index (κ3) is 4.64. The maximum Gasteiger partial charge on any atom is 0.434 e. The minimum Gasteiger partial charge on any atom is -0.388 e. The van der Waals surface area contributed by atoms with E-state index in [1.54, 1.807) is 0 Å². The molecule has 1 aliphatic rings. The maximum atomic E-state index is 15.1. The molecule has 0 spiro atoms. The molecule has 2 aromatic rings. The summed E-state index contributed by atoms with van der Waals surface area (Å²) >= 11 is 0. The van der Waals surface area contributed by atoms with Gasteiger partial charge in [-0.15, -0.1) is 17.5 Å². The SMILES string of the molecule is Cl.O=c1[nH]nc(-c2ccc(C(F)(F)F)c(N[C@@H](CF)C3(F)CCNCC3)c2)o1. The molecule has 1 saturated heterocycles. The maximum absolute atomic E-state index is 15.1. The van der Waals surface area contributed by atoms with E-state index in [0.29, 0.717) is 13.1 Å². The van der Waals surface area contributed by atoms with E-state index in [4.69, 9.17) is 4.42 Å². The molecular formula is C16H18ClF5N4O2. The van der Waals surface area contributed by atoms with E-state index in [-0.39, 0.29) is 36.7 Å². The van der Waals surface area contributed by atoms with Crippen LogP contribution in [-0.4, -0.2) is 41.7 Å². The van der Waals surface area contributed by atoms with Gasteiger partial charge in [0.2, 0.25) is 5.89 Å². The standard InChI is InChI=1S/C16H17F5N4O2.ClH/c17-8-12(15(18)3-5-22-6-4-15)23-11-7-9(13-24-25-14(26)27-13)1-2-10(11)16(19,20)21;/h1-2,7,12,22-23H,3-6,8H2,(H,25,26);1H/t12-;/m0./s1. The average Bonchev–Trinajstić information content (AvgIpc) is 3.05. The number of nitrogens with one attached hydrogen (secondary N) is 3. The quantitative estimate of drug-likeness (QED) is 0.636. The number of nitrogens with zero attached hydrogens (tertiary/aromatic N) is 1. The molecule has 0 bridgehead atoms. The number of benzene rings is 1. The first kappa shape index (κ1) is 22.2. The molecular weight excluding hydrogens is 411 g/mol. The summed E-state index contributed by atoms with van der Waals surface area (Å²) in [6.45, 7) is -0.575. The van der Waals surface area contributed by atoms with E-state index in [9.17, 15) is 22.4 Å². The van der Waals surface area contributed by atoms with Gasteiger partial charge < -0.3 is 15.1 Å². The van der Waals surface area contributed by atoms with Crippen LogP contribution >= 0.6 is 12.4 Å². The summed E-state index contributed by atoms with van der Waals surface area (Å²) in [7, 11) is 0. The predicted molar refractivity (Wildman–Crippen MR) is 94.1 cm³/mol. The number of aromatic amines is 1. The molecule has 0 amide bonds. The molecule has 1 aromatic carbocycles. The van der Waals surface area contributed by atoms with Gasteiger partial charge >= 0.3 is 11.9 Å². The Hall–Kier alpha value is -2.14. The van der Waals surface area contributed by atoms with Crippen LogP contribution in [0, 0.1) is 0 Å². The topological polar surface area (TPSA) is 83.0 Å². The van der Waals surface area contributed by atoms with E-state index < -0.39 is 41.6 Å². The lowest BCUT2D eigenvalue weighted by Crippen LogP contribution is -2.51. The van der Waals surface area contributed by atoms with Crippen molar-refractivity contribution in [1.82, 2.24) is 15.5 Å². The van der Waals surface area contributed by atoms with Crippen molar-refractivity contribution < 1.29 is 26.4 Å². The highest BCUT2D eigenvalue weighted by molar-refractivity contribution is 5.85. The fourth-order valence-corrected chi connectivity index (χ4v) is 3.08. The van der Waals surface area contributed by atoms with Gasteiger partial charge in [-0.25, -0.2) is 18.7 Å². The van der Waals surface area contributed by atoms with Gasteiger partial charge in [-0.1, -0.05) is 0 Å². The number of rotatable bonds is 5. The highest BCUT2D eigenvalue weighted by Crippen LogP contribution is 2.39. The van der Waals surface area contributed by atoms with E-state index >= 15 is 4.39 Å². The molecule has 6 nitrogen and oxygen atoms in total. The monoisotopic (exact) mass is 428 g/mol. The fourth-order valence-electron chi connectivity index (χ4n) is 3.08. The van der Waals surface area contributed by atoms with Gasteiger partial charge in [0.25, 0.3) is 0 Å². The lowest BCUT2D eigenvalue weighted by Gasteiger charge is -2.37. The first-order chi connectivity index (χ1) is 12.7. The van der Waals surface area contributed by atoms with Crippen molar-refractivity contribution >= 4 is 18.1 Å².